The maximum absolute atomic E-state index is 6.50. The summed E-state index contributed by atoms with van der Waals surface area (Å²) in [4.78, 5) is 4.90. The molecule has 2 nitrogen and oxygen atoms in total. The molecule has 0 saturated carbocycles. The normalized spacial score (nSPS) is 11.3. The zero-order valence-electron chi connectivity index (χ0n) is 14.6. The van der Waals surface area contributed by atoms with Crippen LogP contribution in [0.3, 0.4) is 0 Å². The van der Waals surface area contributed by atoms with Crippen LogP contribution in [0.25, 0.3) is 33.2 Å². The van der Waals surface area contributed by atoms with E-state index in [-0.39, 0.29) is 0 Å². The highest BCUT2D eigenvalue weighted by atomic mass is 35.5. The lowest BCUT2D eigenvalue weighted by molar-refractivity contribution is 0.840. The van der Waals surface area contributed by atoms with Gasteiger partial charge in [0.15, 0.2) is 0 Å². The smallest absolute Gasteiger partial charge is 0.142 e. The first-order valence-corrected chi connectivity index (χ1v) is 9.36. The molecule has 1 aromatic heterocycles. The molecule has 0 unspecified atom stereocenters. The first-order chi connectivity index (χ1) is 13.3. The molecule has 27 heavy (non-hydrogen) atoms. The molecule has 0 fully saturated rings. The van der Waals surface area contributed by atoms with Gasteiger partial charge in [-0.15, -0.1) is 0 Å². The van der Waals surface area contributed by atoms with Crippen LogP contribution in [-0.4, -0.2) is 9.55 Å². The highest BCUT2D eigenvalue weighted by Crippen LogP contribution is 2.31. The van der Waals surface area contributed by atoms with Crippen molar-refractivity contribution in [2.45, 2.75) is 6.54 Å². The molecule has 0 atom stereocenters. The number of imidazole rings is 1. The van der Waals surface area contributed by atoms with E-state index < -0.39 is 0 Å². The summed E-state index contributed by atoms with van der Waals surface area (Å²) in [6.07, 6.45) is 0. The third kappa shape index (κ3) is 2.79. The molecule has 0 saturated heterocycles. The van der Waals surface area contributed by atoms with Crippen molar-refractivity contribution >= 4 is 33.4 Å². The summed E-state index contributed by atoms with van der Waals surface area (Å²) in [6.45, 7) is 0.739. The lowest BCUT2D eigenvalue weighted by Crippen LogP contribution is -2.03. The van der Waals surface area contributed by atoms with Gasteiger partial charge in [0.1, 0.15) is 5.82 Å². The molecule has 4 aromatic carbocycles. The molecular formula is C24H17ClN2. The molecule has 5 rings (SSSR count). The number of benzene rings is 4. The Morgan fingerprint density at radius 1 is 0.741 bits per heavy atom. The summed E-state index contributed by atoms with van der Waals surface area (Å²) in [6, 6.07) is 31.1. The van der Waals surface area contributed by atoms with Gasteiger partial charge in [-0.3, -0.25) is 0 Å². The quantitative estimate of drug-likeness (QED) is 0.352. The van der Waals surface area contributed by atoms with E-state index in [1.165, 1.54) is 16.3 Å². The van der Waals surface area contributed by atoms with Crippen LogP contribution in [0.4, 0.5) is 0 Å². The summed E-state index contributed by atoms with van der Waals surface area (Å²) < 4.78 is 2.26. The highest BCUT2D eigenvalue weighted by molar-refractivity contribution is 6.33. The molecule has 0 radical (unpaired) electrons. The molecule has 0 spiro atoms. The topological polar surface area (TPSA) is 17.8 Å². The first-order valence-electron chi connectivity index (χ1n) is 8.98. The molecule has 1 heterocycles. The fourth-order valence-corrected chi connectivity index (χ4v) is 3.90. The van der Waals surface area contributed by atoms with Crippen LogP contribution >= 0.6 is 11.6 Å². The maximum Gasteiger partial charge on any atom is 0.142 e. The third-order valence-electron chi connectivity index (χ3n) is 4.98. The Balaban J connectivity index is 1.75. The minimum Gasteiger partial charge on any atom is -0.319 e. The van der Waals surface area contributed by atoms with E-state index in [2.05, 4.69) is 65.2 Å². The van der Waals surface area contributed by atoms with Gasteiger partial charge in [-0.25, -0.2) is 4.98 Å². The van der Waals surface area contributed by atoms with Gasteiger partial charge in [-0.1, -0.05) is 78.3 Å². The fraction of sp³-hybridized carbons (Fsp3) is 0.0417. The van der Waals surface area contributed by atoms with Gasteiger partial charge in [-0.05, 0) is 40.6 Å². The number of hydrogen-bond donors (Lipinski definition) is 0. The zero-order chi connectivity index (χ0) is 18.2. The minimum absolute atomic E-state index is 0.715. The van der Waals surface area contributed by atoms with Crippen molar-refractivity contribution in [2.24, 2.45) is 0 Å². The van der Waals surface area contributed by atoms with Crippen molar-refractivity contribution in [1.29, 1.82) is 0 Å². The number of rotatable bonds is 3. The van der Waals surface area contributed by atoms with E-state index in [0.717, 1.165) is 29.0 Å². The summed E-state index contributed by atoms with van der Waals surface area (Å²) in [5, 5.41) is 3.23. The van der Waals surface area contributed by atoms with Crippen molar-refractivity contribution in [3.05, 3.63) is 102 Å². The number of para-hydroxylation sites is 2. The molecule has 0 aliphatic heterocycles. The summed E-state index contributed by atoms with van der Waals surface area (Å²) in [5.41, 5.74) is 4.31. The second-order valence-corrected chi connectivity index (χ2v) is 7.04. The number of nitrogens with zero attached hydrogens (tertiary/aromatic N) is 2. The second-order valence-electron chi connectivity index (χ2n) is 6.63. The van der Waals surface area contributed by atoms with Gasteiger partial charge in [0.05, 0.1) is 22.6 Å². The maximum atomic E-state index is 6.50. The van der Waals surface area contributed by atoms with E-state index in [9.17, 15) is 0 Å². The van der Waals surface area contributed by atoms with Crippen LogP contribution in [0, 0.1) is 0 Å². The first kappa shape index (κ1) is 16.1. The average Bonchev–Trinajstić information content (AvgIpc) is 3.07. The van der Waals surface area contributed by atoms with E-state index in [1.807, 2.05) is 30.3 Å². The average molecular weight is 369 g/mol. The van der Waals surface area contributed by atoms with Crippen molar-refractivity contribution in [3.8, 4) is 11.4 Å². The van der Waals surface area contributed by atoms with Crippen LogP contribution < -0.4 is 0 Å². The Hall–Kier alpha value is -3.10. The van der Waals surface area contributed by atoms with E-state index in [1.54, 1.807) is 0 Å². The predicted octanol–water partition coefficient (Wildman–Crippen LogP) is 6.56. The number of aromatic nitrogens is 2. The van der Waals surface area contributed by atoms with E-state index in [4.69, 9.17) is 16.6 Å². The summed E-state index contributed by atoms with van der Waals surface area (Å²) in [5.74, 6) is 0.898. The van der Waals surface area contributed by atoms with Gasteiger partial charge < -0.3 is 4.57 Å². The van der Waals surface area contributed by atoms with Gasteiger partial charge in [0, 0.05) is 5.56 Å². The van der Waals surface area contributed by atoms with Gasteiger partial charge in [0.2, 0.25) is 0 Å². The van der Waals surface area contributed by atoms with Crippen LogP contribution in [0.2, 0.25) is 5.02 Å². The molecule has 5 aromatic rings. The van der Waals surface area contributed by atoms with Crippen molar-refractivity contribution in [2.75, 3.05) is 0 Å². The predicted molar refractivity (Wildman–Crippen MR) is 113 cm³/mol. The number of hydrogen-bond acceptors (Lipinski definition) is 1. The monoisotopic (exact) mass is 368 g/mol. The molecule has 0 amide bonds. The summed E-state index contributed by atoms with van der Waals surface area (Å²) in [7, 11) is 0. The molecule has 0 bridgehead atoms. The number of fused-ring (bicyclic) bond motifs is 2. The Morgan fingerprint density at radius 2 is 1.48 bits per heavy atom. The lowest BCUT2D eigenvalue weighted by atomic mass is 10.0. The molecule has 0 N–H and O–H groups in total. The minimum atomic E-state index is 0.715. The second kappa shape index (κ2) is 6.57. The van der Waals surface area contributed by atoms with Gasteiger partial charge in [0.25, 0.3) is 0 Å². The van der Waals surface area contributed by atoms with Crippen molar-refractivity contribution < 1.29 is 0 Å². The third-order valence-corrected chi connectivity index (χ3v) is 5.31. The fourth-order valence-electron chi connectivity index (χ4n) is 3.68. The van der Waals surface area contributed by atoms with E-state index >= 15 is 0 Å². The van der Waals surface area contributed by atoms with Crippen LogP contribution in [0.15, 0.2) is 91.0 Å². The molecule has 0 aliphatic carbocycles. The lowest BCUT2D eigenvalue weighted by Gasteiger charge is -2.12. The SMILES string of the molecule is Clc1ccccc1-c1nc2ccccc2n1Cc1cccc2ccccc12. The Kier molecular flexibility index (Phi) is 3.92. The Morgan fingerprint density at radius 3 is 2.41 bits per heavy atom. The Bertz CT molecular complexity index is 1260. The van der Waals surface area contributed by atoms with Crippen LogP contribution in [0.5, 0.6) is 0 Å². The highest BCUT2D eigenvalue weighted by Gasteiger charge is 2.15. The largest absolute Gasteiger partial charge is 0.319 e. The van der Waals surface area contributed by atoms with Crippen LogP contribution in [-0.2, 0) is 6.54 Å². The zero-order valence-corrected chi connectivity index (χ0v) is 15.4. The van der Waals surface area contributed by atoms with E-state index in [0.29, 0.717) is 5.02 Å². The van der Waals surface area contributed by atoms with Gasteiger partial charge in [-0.2, -0.15) is 0 Å². The number of halogens is 1. The molecule has 130 valence electrons. The van der Waals surface area contributed by atoms with Crippen molar-refractivity contribution in [1.82, 2.24) is 9.55 Å². The van der Waals surface area contributed by atoms with Gasteiger partial charge >= 0.3 is 0 Å². The Labute approximate surface area is 162 Å². The summed E-state index contributed by atoms with van der Waals surface area (Å²) >= 11 is 6.50. The van der Waals surface area contributed by atoms with Crippen LogP contribution in [0.1, 0.15) is 5.56 Å². The molecular weight excluding hydrogens is 352 g/mol. The standard InChI is InChI=1S/C24H17ClN2/c25-21-13-4-3-12-20(21)24-26-22-14-5-6-15-23(22)27(24)16-18-10-7-9-17-8-1-2-11-19(17)18/h1-15H,16H2. The molecule has 3 heteroatoms. The van der Waals surface area contributed by atoms with Crippen molar-refractivity contribution in [3.63, 3.8) is 0 Å². The molecule has 0 aliphatic rings.